The second-order valence-electron chi connectivity index (χ2n) is 3.11. The number of benzene rings is 1. The summed E-state index contributed by atoms with van der Waals surface area (Å²) in [6.07, 6.45) is 0. The van der Waals surface area contributed by atoms with Crippen LogP contribution in [0.5, 0.6) is 5.75 Å². The van der Waals surface area contributed by atoms with Crippen LogP contribution in [0.2, 0.25) is 5.02 Å². The number of ether oxygens (including phenoxy) is 2. The maximum absolute atomic E-state index is 6.05. The Morgan fingerprint density at radius 1 is 1.40 bits per heavy atom. The van der Waals surface area contributed by atoms with Gasteiger partial charge in [0.05, 0.1) is 20.3 Å². The van der Waals surface area contributed by atoms with Gasteiger partial charge >= 0.3 is 0 Å². The highest BCUT2D eigenvalue weighted by atomic mass is 35.5. The van der Waals surface area contributed by atoms with Crippen molar-refractivity contribution in [1.29, 1.82) is 0 Å². The number of rotatable bonds is 6. The molecule has 0 atom stereocenters. The molecule has 0 radical (unpaired) electrons. The van der Waals surface area contributed by atoms with Gasteiger partial charge in [0.15, 0.2) is 0 Å². The van der Waals surface area contributed by atoms with E-state index in [0.717, 1.165) is 17.9 Å². The summed E-state index contributed by atoms with van der Waals surface area (Å²) in [5.41, 5.74) is 0.980. The van der Waals surface area contributed by atoms with E-state index in [9.17, 15) is 0 Å². The number of hydrogen-bond donors (Lipinski definition) is 1. The first-order chi connectivity index (χ1) is 7.27. The molecule has 3 nitrogen and oxygen atoms in total. The zero-order valence-corrected chi connectivity index (χ0v) is 9.80. The van der Waals surface area contributed by atoms with Crippen molar-refractivity contribution < 1.29 is 9.47 Å². The van der Waals surface area contributed by atoms with Crippen LogP contribution in [0.25, 0.3) is 0 Å². The molecule has 84 valence electrons. The average molecular weight is 230 g/mol. The van der Waals surface area contributed by atoms with Crippen LogP contribution in [0, 0.1) is 0 Å². The third-order valence-electron chi connectivity index (χ3n) is 2.01. The molecular weight excluding hydrogens is 214 g/mol. The lowest BCUT2D eigenvalue weighted by molar-refractivity contribution is 0.124. The molecule has 1 N–H and O–H groups in total. The minimum Gasteiger partial charge on any atom is -0.497 e. The molecule has 0 aliphatic rings. The first-order valence-corrected chi connectivity index (χ1v) is 5.20. The average Bonchev–Trinajstić information content (AvgIpc) is 2.26. The fourth-order valence-electron chi connectivity index (χ4n) is 1.13. The molecule has 0 saturated carbocycles. The van der Waals surface area contributed by atoms with E-state index in [1.165, 1.54) is 0 Å². The molecule has 0 heterocycles. The smallest absolute Gasteiger partial charge is 0.120 e. The molecule has 0 unspecified atom stereocenters. The first-order valence-electron chi connectivity index (χ1n) is 4.82. The van der Waals surface area contributed by atoms with Crippen LogP contribution in [-0.4, -0.2) is 27.3 Å². The zero-order chi connectivity index (χ0) is 11.1. The van der Waals surface area contributed by atoms with Gasteiger partial charge in [-0.1, -0.05) is 17.7 Å². The Morgan fingerprint density at radius 2 is 2.20 bits per heavy atom. The molecule has 1 rings (SSSR count). The summed E-state index contributed by atoms with van der Waals surface area (Å²) in [5.74, 6) is 0.763. The van der Waals surface area contributed by atoms with Gasteiger partial charge < -0.3 is 14.8 Å². The predicted octanol–water partition coefficient (Wildman–Crippen LogP) is 2.08. The highest BCUT2D eigenvalue weighted by Gasteiger charge is 2.01. The van der Waals surface area contributed by atoms with Crippen molar-refractivity contribution in [3.8, 4) is 5.75 Å². The first kappa shape index (κ1) is 12.3. The van der Waals surface area contributed by atoms with Gasteiger partial charge in [-0.2, -0.15) is 0 Å². The van der Waals surface area contributed by atoms with Crippen LogP contribution in [-0.2, 0) is 11.3 Å². The maximum Gasteiger partial charge on any atom is 0.120 e. The number of methoxy groups -OCH3 is 1. The lowest BCUT2D eigenvalue weighted by atomic mass is 10.2. The Morgan fingerprint density at radius 3 is 2.80 bits per heavy atom. The fourth-order valence-corrected chi connectivity index (χ4v) is 1.35. The Bertz CT molecular complexity index is 305. The molecule has 1 aromatic carbocycles. The summed E-state index contributed by atoms with van der Waals surface area (Å²) in [6.45, 7) is 2.05. The summed E-state index contributed by atoms with van der Waals surface area (Å²) in [6, 6.07) is 5.58. The Balaban J connectivity index is 2.47. The van der Waals surface area contributed by atoms with Gasteiger partial charge in [0.1, 0.15) is 5.75 Å². The molecule has 0 amide bonds. The molecule has 0 saturated heterocycles. The molecule has 1 aromatic rings. The van der Waals surface area contributed by atoms with E-state index in [1.807, 2.05) is 19.2 Å². The van der Waals surface area contributed by atoms with E-state index >= 15 is 0 Å². The molecule has 0 aliphatic carbocycles. The Hall–Kier alpha value is -0.770. The highest BCUT2D eigenvalue weighted by molar-refractivity contribution is 6.31. The van der Waals surface area contributed by atoms with E-state index in [1.54, 1.807) is 13.2 Å². The predicted molar refractivity (Wildman–Crippen MR) is 61.6 cm³/mol. The minimum absolute atomic E-state index is 0.532. The molecule has 0 spiro atoms. The molecule has 0 aliphatic heterocycles. The van der Waals surface area contributed by atoms with Crippen LogP contribution in [0.4, 0.5) is 0 Å². The minimum atomic E-state index is 0.532. The van der Waals surface area contributed by atoms with Gasteiger partial charge in [0, 0.05) is 11.6 Å². The number of nitrogens with one attached hydrogen (secondary N) is 1. The van der Waals surface area contributed by atoms with Crippen LogP contribution in [0.1, 0.15) is 5.56 Å². The third-order valence-corrected chi connectivity index (χ3v) is 2.37. The SMILES string of the molecule is CNCCOCc1ccc(OC)cc1Cl. The summed E-state index contributed by atoms with van der Waals surface area (Å²) >= 11 is 6.05. The van der Waals surface area contributed by atoms with Crippen LogP contribution < -0.4 is 10.1 Å². The van der Waals surface area contributed by atoms with Gasteiger partial charge in [-0.3, -0.25) is 0 Å². The third kappa shape index (κ3) is 4.08. The second kappa shape index (κ2) is 6.67. The summed E-state index contributed by atoms with van der Waals surface area (Å²) in [5, 5.41) is 3.69. The molecular formula is C11H16ClNO2. The fraction of sp³-hybridized carbons (Fsp3) is 0.455. The van der Waals surface area contributed by atoms with E-state index in [4.69, 9.17) is 21.1 Å². The van der Waals surface area contributed by atoms with Crippen molar-refractivity contribution in [2.45, 2.75) is 6.61 Å². The monoisotopic (exact) mass is 229 g/mol. The van der Waals surface area contributed by atoms with E-state index in [-0.39, 0.29) is 0 Å². The van der Waals surface area contributed by atoms with Crippen molar-refractivity contribution in [3.63, 3.8) is 0 Å². The molecule has 0 bridgehead atoms. The summed E-state index contributed by atoms with van der Waals surface area (Å²) in [7, 11) is 3.51. The largest absolute Gasteiger partial charge is 0.497 e. The standard InChI is InChI=1S/C11H16ClNO2/c1-13-5-6-15-8-9-3-4-10(14-2)7-11(9)12/h3-4,7,13H,5-6,8H2,1-2H3. The number of likely N-dealkylation sites (N-methyl/N-ethyl adjacent to an activating group) is 1. The van der Waals surface area contributed by atoms with E-state index in [2.05, 4.69) is 5.32 Å². The van der Waals surface area contributed by atoms with Crippen molar-refractivity contribution in [3.05, 3.63) is 28.8 Å². The topological polar surface area (TPSA) is 30.5 Å². The normalized spacial score (nSPS) is 10.3. The van der Waals surface area contributed by atoms with Gasteiger partial charge in [-0.05, 0) is 24.7 Å². The summed E-state index contributed by atoms with van der Waals surface area (Å²) in [4.78, 5) is 0. The molecule has 0 aromatic heterocycles. The van der Waals surface area contributed by atoms with Crippen LogP contribution in [0.15, 0.2) is 18.2 Å². The van der Waals surface area contributed by atoms with Crippen molar-refractivity contribution >= 4 is 11.6 Å². The number of hydrogen-bond acceptors (Lipinski definition) is 3. The summed E-state index contributed by atoms with van der Waals surface area (Å²) < 4.78 is 10.5. The lowest BCUT2D eigenvalue weighted by Gasteiger charge is -2.07. The zero-order valence-electron chi connectivity index (χ0n) is 9.05. The molecule has 0 fully saturated rings. The molecule has 4 heteroatoms. The lowest BCUT2D eigenvalue weighted by Crippen LogP contribution is -2.14. The quantitative estimate of drug-likeness (QED) is 0.758. The maximum atomic E-state index is 6.05. The van der Waals surface area contributed by atoms with Crippen LogP contribution in [0.3, 0.4) is 0 Å². The number of halogens is 1. The van der Waals surface area contributed by atoms with Gasteiger partial charge in [-0.15, -0.1) is 0 Å². The van der Waals surface area contributed by atoms with Crippen molar-refractivity contribution in [1.82, 2.24) is 5.32 Å². The second-order valence-corrected chi connectivity index (χ2v) is 3.52. The highest BCUT2D eigenvalue weighted by Crippen LogP contribution is 2.22. The van der Waals surface area contributed by atoms with Crippen molar-refractivity contribution in [2.75, 3.05) is 27.3 Å². The van der Waals surface area contributed by atoms with Gasteiger partial charge in [0.25, 0.3) is 0 Å². The van der Waals surface area contributed by atoms with E-state index < -0.39 is 0 Å². The van der Waals surface area contributed by atoms with E-state index in [0.29, 0.717) is 18.2 Å². The van der Waals surface area contributed by atoms with Crippen molar-refractivity contribution in [2.24, 2.45) is 0 Å². The Kier molecular flexibility index (Phi) is 5.47. The Labute approximate surface area is 95.3 Å². The van der Waals surface area contributed by atoms with Gasteiger partial charge in [0.2, 0.25) is 0 Å². The van der Waals surface area contributed by atoms with Gasteiger partial charge in [-0.25, -0.2) is 0 Å². The van der Waals surface area contributed by atoms with Crippen LogP contribution >= 0.6 is 11.6 Å². The molecule has 15 heavy (non-hydrogen) atoms.